The van der Waals surface area contributed by atoms with Crippen molar-refractivity contribution < 1.29 is 8.42 Å². The van der Waals surface area contributed by atoms with Gasteiger partial charge in [0.25, 0.3) is 0 Å². The van der Waals surface area contributed by atoms with Crippen molar-refractivity contribution in [3.05, 3.63) is 29.3 Å². The van der Waals surface area contributed by atoms with Crippen LogP contribution < -0.4 is 9.62 Å². The molecule has 1 aliphatic heterocycles. The third kappa shape index (κ3) is 2.94. The van der Waals surface area contributed by atoms with Crippen LogP contribution in [0.15, 0.2) is 18.2 Å². The van der Waals surface area contributed by atoms with Crippen molar-refractivity contribution in [1.29, 1.82) is 0 Å². The number of benzene rings is 1. The zero-order valence-electron chi connectivity index (χ0n) is 13.6. The monoisotopic (exact) mass is 310 g/mol. The Morgan fingerprint density at radius 2 is 2.00 bits per heavy atom. The summed E-state index contributed by atoms with van der Waals surface area (Å²) < 4.78 is 26.1. The summed E-state index contributed by atoms with van der Waals surface area (Å²) in [6.45, 7) is 10.9. The van der Waals surface area contributed by atoms with Crippen LogP contribution in [0.1, 0.15) is 51.8 Å². The van der Waals surface area contributed by atoms with Gasteiger partial charge in [-0.1, -0.05) is 19.1 Å². The van der Waals surface area contributed by atoms with Gasteiger partial charge in [-0.3, -0.25) is 4.31 Å². The summed E-state index contributed by atoms with van der Waals surface area (Å²) in [6, 6.07) is 6.41. The molecule has 0 spiro atoms. The Bertz CT molecular complexity index is 618. The molecule has 21 heavy (non-hydrogen) atoms. The van der Waals surface area contributed by atoms with Gasteiger partial charge in [-0.15, -0.1) is 0 Å². The molecule has 1 N–H and O–H groups in total. The first-order valence-corrected chi connectivity index (χ1v) is 9.01. The van der Waals surface area contributed by atoms with Gasteiger partial charge in [-0.25, -0.2) is 8.42 Å². The van der Waals surface area contributed by atoms with E-state index in [1.54, 1.807) is 25.1 Å². The summed E-state index contributed by atoms with van der Waals surface area (Å²) in [7, 11) is -3.32. The Morgan fingerprint density at radius 3 is 2.57 bits per heavy atom. The average Bonchev–Trinajstić information content (AvgIpc) is 2.80. The Kier molecular flexibility index (Phi) is 4.36. The Balaban J connectivity index is 2.35. The highest BCUT2D eigenvalue weighted by atomic mass is 32.2. The van der Waals surface area contributed by atoms with E-state index in [1.165, 1.54) is 5.56 Å². The summed E-state index contributed by atoms with van der Waals surface area (Å²) >= 11 is 0. The maximum atomic E-state index is 12.7. The number of sulfonamides is 1. The summed E-state index contributed by atoms with van der Waals surface area (Å²) in [6.07, 6.45) is 0.789. The van der Waals surface area contributed by atoms with Crippen LogP contribution in [0, 0.1) is 0 Å². The standard InChI is InChI=1S/C16H26N2O2S/c1-6-17-12(2)13-7-8-15-14(11-13)9-10-18(15)21(19,20)16(3,4)5/h7-8,11-12,17H,6,9-10H2,1-5H3. The Labute approximate surface area is 128 Å². The van der Waals surface area contributed by atoms with Gasteiger partial charge in [0.1, 0.15) is 0 Å². The summed E-state index contributed by atoms with van der Waals surface area (Å²) in [4.78, 5) is 0. The maximum absolute atomic E-state index is 12.7. The number of hydrogen-bond donors (Lipinski definition) is 1. The SMILES string of the molecule is CCNC(C)c1ccc2c(c1)CCN2S(=O)(=O)C(C)(C)C. The largest absolute Gasteiger partial charge is 0.310 e. The van der Waals surface area contributed by atoms with Crippen LogP contribution in [0.4, 0.5) is 5.69 Å². The molecule has 1 heterocycles. The Hall–Kier alpha value is -1.07. The van der Waals surface area contributed by atoms with Gasteiger partial charge < -0.3 is 5.32 Å². The first-order chi connectivity index (χ1) is 9.68. The highest BCUT2D eigenvalue weighted by Gasteiger charge is 2.38. The molecule has 0 aliphatic carbocycles. The van der Waals surface area contributed by atoms with E-state index in [0.29, 0.717) is 6.54 Å². The van der Waals surface area contributed by atoms with E-state index in [9.17, 15) is 8.42 Å². The number of rotatable bonds is 4. The second kappa shape index (κ2) is 5.61. The van der Waals surface area contributed by atoms with Gasteiger partial charge >= 0.3 is 0 Å². The number of nitrogens with one attached hydrogen (secondary N) is 1. The summed E-state index contributed by atoms with van der Waals surface area (Å²) in [5.41, 5.74) is 3.19. The fourth-order valence-corrected chi connectivity index (χ4v) is 4.09. The Morgan fingerprint density at radius 1 is 1.33 bits per heavy atom. The van der Waals surface area contributed by atoms with Crippen molar-refractivity contribution in [2.45, 2.75) is 51.8 Å². The minimum Gasteiger partial charge on any atom is -0.310 e. The fourth-order valence-electron chi connectivity index (χ4n) is 2.67. The van der Waals surface area contributed by atoms with E-state index < -0.39 is 14.8 Å². The molecule has 0 aromatic heterocycles. The molecule has 118 valence electrons. The quantitative estimate of drug-likeness (QED) is 0.930. The molecule has 1 unspecified atom stereocenters. The van der Waals surface area contributed by atoms with E-state index >= 15 is 0 Å². The normalized spacial score (nSPS) is 16.9. The minimum absolute atomic E-state index is 0.286. The average molecular weight is 310 g/mol. The van der Waals surface area contributed by atoms with E-state index in [4.69, 9.17) is 0 Å². The molecule has 1 atom stereocenters. The van der Waals surface area contributed by atoms with Gasteiger partial charge in [0.05, 0.1) is 10.4 Å². The van der Waals surface area contributed by atoms with Crippen LogP contribution in [0.2, 0.25) is 0 Å². The number of nitrogens with zero attached hydrogens (tertiary/aromatic N) is 1. The van der Waals surface area contributed by atoms with Crippen LogP contribution in [0.5, 0.6) is 0 Å². The van der Waals surface area contributed by atoms with Crippen LogP contribution in [-0.2, 0) is 16.4 Å². The molecule has 0 fully saturated rings. The number of hydrogen-bond acceptors (Lipinski definition) is 3. The number of fused-ring (bicyclic) bond motifs is 1. The molecule has 0 amide bonds. The molecule has 2 rings (SSSR count). The first kappa shape index (κ1) is 16.3. The van der Waals surface area contributed by atoms with Gasteiger partial charge in [0, 0.05) is 12.6 Å². The predicted molar refractivity (Wildman–Crippen MR) is 88.3 cm³/mol. The van der Waals surface area contributed by atoms with Crippen molar-refractivity contribution >= 4 is 15.7 Å². The van der Waals surface area contributed by atoms with Crippen molar-refractivity contribution in [3.63, 3.8) is 0 Å². The molecule has 1 aromatic rings. The van der Waals surface area contributed by atoms with Gasteiger partial charge in [0.2, 0.25) is 10.0 Å². The fraction of sp³-hybridized carbons (Fsp3) is 0.625. The highest BCUT2D eigenvalue weighted by Crippen LogP contribution is 2.35. The third-order valence-electron chi connectivity index (χ3n) is 4.03. The summed E-state index contributed by atoms with van der Waals surface area (Å²) in [5.74, 6) is 0. The van der Waals surface area contributed by atoms with E-state index in [2.05, 4.69) is 25.2 Å². The number of anilines is 1. The van der Waals surface area contributed by atoms with Crippen LogP contribution >= 0.6 is 0 Å². The van der Waals surface area contributed by atoms with Crippen molar-refractivity contribution in [1.82, 2.24) is 5.32 Å². The van der Waals surface area contributed by atoms with Crippen molar-refractivity contribution in [2.75, 3.05) is 17.4 Å². The lowest BCUT2D eigenvalue weighted by molar-refractivity contribution is 0.556. The molecule has 0 saturated heterocycles. The third-order valence-corrected chi connectivity index (χ3v) is 6.54. The predicted octanol–water partition coefficient (Wildman–Crippen LogP) is 2.85. The second-order valence-corrected chi connectivity index (χ2v) is 9.22. The van der Waals surface area contributed by atoms with Gasteiger partial charge in [-0.05, 0) is 57.9 Å². The zero-order valence-corrected chi connectivity index (χ0v) is 14.4. The molecule has 0 bridgehead atoms. The first-order valence-electron chi connectivity index (χ1n) is 7.57. The topological polar surface area (TPSA) is 49.4 Å². The zero-order chi connectivity index (χ0) is 15.8. The second-order valence-electron chi connectivity index (χ2n) is 6.61. The maximum Gasteiger partial charge on any atom is 0.240 e. The van der Waals surface area contributed by atoms with E-state index in [-0.39, 0.29) is 6.04 Å². The lowest BCUT2D eigenvalue weighted by Crippen LogP contribution is -2.42. The molecule has 4 nitrogen and oxygen atoms in total. The molecule has 5 heteroatoms. The molecular weight excluding hydrogens is 284 g/mol. The summed E-state index contributed by atoms with van der Waals surface area (Å²) in [5, 5.41) is 3.39. The van der Waals surface area contributed by atoms with Crippen molar-refractivity contribution in [2.24, 2.45) is 0 Å². The van der Waals surface area contributed by atoms with Crippen molar-refractivity contribution in [3.8, 4) is 0 Å². The van der Waals surface area contributed by atoms with Crippen LogP contribution in [-0.4, -0.2) is 26.3 Å². The molecule has 1 aromatic carbocycles. The highest BCUT2D eigenvalue weighted by molar-refractivity contribution is 7.94. The molecule has 0 radical (unpaired) electrons. The molecule has 1 aliphatic rings. The molecule has 0 saturated carbocycles. The minimum atomic E-state index is -3.32. The van der Waals surface area contributed by atoms with Gasteiger partial charge in [-0.2, -0.15) is 0 Å². The van der Waals surface area contributed by atoms with E-state index in [1.807, 2.05) is 12.1 Å². The lowest BCUT2D eigenvalue weighted by atomic mass is 10.0. The van der Waals surface area contributed by atoms with Gasteiger partial charge in [0.15, 0.2) is 0 Å². The smallest absolute Gasteiger partial charge is 0.240 e. The van der Waals surface area contributed by atoms with E-state index in [0.717, 1.165) is 24.2 Å². The van der Waals surface area contributed by atoms with Crippen LogP contribution in [0.25, 0.3) is 0 Å². The lowest BCUT2D eigenvalue weighted by Gasteiger charge is -2.28. The molecular formula is C16H26N2O2S. The van der Waals surface area contributed by atoms with Crippen LogP contribution in [0.3, 0.4) is 0 Å².